The zero-order valence-corrected chi connectivity index (χ0v) is 26.9. The second-order valence-electron chi connectivity index (χ2n) is 12.1. The van der Waals surface area contributed by atoms with Crippen LogP contribution in [0.3, 0.4) is 0 Å². The van der Waals surface area contributed by atoms with Gasteiger partial charge in [0.15, 0.2) is 11.5 Å². The van der Waals surface area contributed by atoms with Crippen LogP contribution in [0.2, 0.25) is 0 Å². The van der Waals surface area contributed by atoms with Gasteiger partial charge in [0.05, 0.1) is 19.3 Å². The number of para-hydroxylation sites is 1. The van der Waals surface area contributed by atoms with Crippen LogP contribution in [0.4, 0.5) is 15.3 Å². The molecule has 1 saturated heterocycles. The molecular formula is C35H41N5O8. The van der Waals surface area contributed by atoms with Crippen molar-refractivity contribution in [2.75, 3.05) is 38.8 Å². The van der Waals surface area contributed by atoms with E-state index in [1.165, 1.54) is 7.11 Å². The zero-order chi connectivity index (χ0) is 33.3. The fraction of sp³-hybridized carbons (Fsp3) is 0.429. The molecule has 0 radical (unpaired) electrons. The quantitative estimate of drug-likeness (QED) is 0.247. The highest BCUT2D eigenvalue weighted by molar-refractivity contribution is 5.90. The van der Waals surface area contributed by atoms with E-state index in [1.807, 2.05) is 48.5 Å². The number of ether oxygens (including phenoxy) is 5. The minimum absolute atomic E-state index is 0.00448. The van der Waals surface area contributed by atoms with Gasteiger partial charge in [-0.05, 0) is 55.9 Å². The zero-order valence-electron chi connectivity index (χ0n) is 26.9. The Morgan fingerprint density at radius 2 is 1.73 bits per heavy atom. The number of pyridine rings is 1. The van der Waals surface area contributed by atoms with E-state index < -0.39 is 12.2 Å². The molecular weight excluding hydrogens is 618 g/mol. The third kappa shape index (κ3) is 8.65. The molecule has 3 aliphatic rings. The molecule has 4 N–H and O–H groups in total. The number of hydrogen-bond acceptors (Lipinski definition) is 9. The smallest absolute Gasteiger partial charge is 0.407 e. The Bertz CT molecular complexity index is 1580. The lowest BCUT2D eigenvalue weighted by Crippen LogP contribution is -2.43. The number of alkyl carbamates (subject to hydrolysis) is 1. The van der Waals surface area contributed by atoms with E-state index in [-0.39, 0.29) is 43.2 Å². The summed E-state index contributed by atoms with van der Waals surface area (Å²) >= 11 is 0. The van der Waals surface area contributed by atoms with Crippen molar-refractivity contribution in [2.45, 2.75) is 56.9 Å². The molecule has 3 heterocycles. The molecule has 0 spiro atoms. The van der Waals surface area contributed by atoms with Gasteiger partial charge in [-0.2, -0.15) is 0 Å². The predicted octanol–water partition coefficient (Wildman–Crippen LogP) is 4.41. The molecule has 13 nitrogen and oxygen atoms in total. The van der Waals surface area contributed by atoms with Crippen LogP contribution in [-0.4, -0.2) is 74.7 Å². The molecule has 3 atom stereocenters. The van der Waals surface area contributed by atoms with Gasteiger partial charge in [0.1, 0.15) is 19.3 Å². The first-order valence-corrected chi connectivity index (χ1v) is 16.3. The number of anilines is 1. The number of nitrogens with zero attached hydrogens (tertiary/aromatic N) is 1. The summed E-state index contributed by atoms with van der Waals surface area (Å²) in [7, 11) is 1.50. The first-order valence-electron chi connectivity index (χ1n) is 16.3. The number of carbonyl (C=O) groups is 3. The van der Waals surface area contributed by atoms with Gasteiger partial charge in [0.25, 0.3) is 0 Å². The maximum atomic E-state index is 13.0. The van der Waals surface area contributed by atoms with Crippen molar-refractivity contribution in [3.63, 3.8) is 0 Å². The lowest BCUT2D eigenvalue weighted by atomic mass is 9.99. The molecule has 4 amide bonds. The van der Waals surface area contributed by atoms with Crippen LogP contribution in [0, 0.1) is 5.92 Å². The molecule has 6 rings (SSSR count). The maximum Gasteiger partial charge on any atom is 0.407 e. The molecule has 2 fully saturated rings. The lowest BCUT2D eigenvalue weighted by Gasteiger charge is -2.29. The molecule has 254 valence electrons. The molecule has 2 aromatic carbocycles. The number of methoxy groups -OCH3 is 1. The molecule has 0 bridgehead atoms. The summed E-state index contributed by atoms with van der Waals surface area (Å²) in [6.07, 6.45) is 2.57. The number of urea groups is 1. The number of amides is 4. The molecule has 1 saturated carbocycles. The number of fused-ring (bicyclic) bond motifs is 1. The van der Waals surface area contributed by atoms with Crippen LogP contribution in [0.1, 0.15) is 37.7 Å². The highest BCUT2D eigenvalue weighted by atomic mass is 16.6. The number of hydrogen-bond donors (Lipinski definition) is 4. The second-order valence-corrected chi connectivity index (χ2v) is 12.1. The summed E-state index contributed by atoms with van der Waals surface area (Å²) in [5.41, 5.74) is 2.55. The number of aromatic nitrogens is 1. The minimum Gasteiger partial charge on any atom is -0.486 e. The fourth-order valence-electron chi connectivity index (χ4n) is 6.10. The number of nitrogens with one attached hydrogen (secondary N) is 4. The molecule has 1 aromatic heterocycles. The van der Waals surface area contributed by atoms with E-state index in [4.69, 9.17) is 23.7 Å². The van der Waals surface area contributed by atoms with Crippen LogP contribution < -0.4 is 35.5 Å². The van der Waals surface area contributed by atoms with Gasteiger partial charge in [-0.15, -0.1) is 0 Å². The molecule has 2 unspecified atom stereocenters. The van der Waals surface area contributed by atoms with Crippen molar-refractivity contribution >= 4 is 23.7 Å². The van der Waals surface area contributed by atoms with Crippen LogP contribution >= 0.6 is 0 Å². The van der Waals surface area contributed by atoms with Gasteiger partial charge >= 0.3 is 12.1 Å². The average molecular weight is 660 g/mol. The topological polar surface area (TPSA) is 158 Å². The molecule has 13 heteroatoms. The van der Waals surface area contributed by atoms with Crippen molar-refractivity contribution in [2.24, 2.45) is 5.92 Å². The normalized spacial score (nSPS) is 20.3. The average Bonchev–Trinajstić information content (AvgIpc) is 3.55. The van der Waals surface area contributed by atoms with Gasteiger partial charge in [0.2, 0.25) is 11.8 Å². The first kappa shape index (κ1) is 32.9. The Hall–Kier alpha value is -5.04. The summed E-state index contributed by atoms with van der Waals surface area (Å²) in [4.78, 5) is 42.6. The van der Waals surface area contributed by atoms with E-state index in [1.54, 1.807) is 12.1 Å². The third-order valence-electron chi connectivity index (χ3n) is 8.63. The molecule has 2 aliphatic heterocycles. The van der Waals surface area contributed by atoms with Gasteiger partial charge in [-0.1, -0.05) is 36.4 Å². The Morgan fingerprint density at radius 1 is 0.938 bits per heavy atom. The van der Waals surface area contributed by atoms with Crippen molar-refractivity contribution in [1.29, 1.82) is 0 Å². The number of rotatable bonds is 10. The monoisotopic (exact) mass is 659 g/mol. The Labute approximate surface area is 279 Å². The summed E-state index contributed by atoms with van der Waals surface area (Å²) in [6, 6.07) is 17.8. The SMILES string of the molecule is COc1cc(NC(=O)N[C@@H]2CCC(NC(=O)OCc3ccccc3)C2)cc(-c2cccc3c2OC(CNC(=O)C2CCOCC2)CO3)n1. The highest BCUT2D eigenvalue weighted by Crippen LogP contribution is 2.41. The van der Waals surface area contributed by atoms with Gasteiger partial charge < -0.3 is 45.0 Å². The van der Waals surface area contributed by atoms with Crippen molar-refractivity contribution < 1.29 is 38.1 Å². The lowest BCUT2D eigenvalue weighted by molar-refractivity contribution is -0.128. The second kappa shape index (κ2) is 15.7. The standard InChI is InChI=1S/C35H41N5O8/c1-44-31-18-26(38-34(42)37-24-10-11-25(16-24)39-35(43)47-20-22-6-3-2-4-7-22)17-29(40-31)28-8-5-9-30-32(28)48-27(21-46-30)19-36-33(41)23-12-14-45-15-13-23/h2-9,17-18,23-25,27H,10-16,19-21H2,1H3,(H,36,41)(H,39,43)(H2,37,38,40,42)/t24-,25?,27?/m1/s1. The fourth-order valence-corrected chi connectivity index (χ4v) is 6.10. The minimum atomic E-state index is -0.478. The Morgan fingerprint density at radius 3 is 2.52 bits per heavy atom. The van der Waals surface area contributed by atoms with Gasteiger partial charge in [-0.25, -0.2) is 14.6 Å². The highest BCUT2D eigenvalue weighted by Gasteiger charge is 2.29. The van der Waals surface area contributed by atoms with E-state index in [0.29, 0.717) is 79.8 Å². The predicted molar refractivity (Wildman–Crippen MR) is 176 cm³/mol. The molecule has 48 heavy (non-hydrogen) atoms. The van der Waals surface area contributed by atoms with Crippen LogP contribution in [0.15, 0.2) is 60.7 Å². The Balaban J connectivity index is 1.04. The number of benzene rings is 2. The number of carbonyl (C=O) groups excluding carboxylic acids is 3. The van der Waals surface area contributed by atoms with Crippen molar-refractivity contribution in [3.8, 4) is 28.6 Å². The summed E-state index contributed by atoms with van der Waals surface area (Å²) in [5.74, 6) is 1.30. The van der Waals surface area contributed by atoms with E-state index >= 15 is 0 Å². The summed E-state index contributed by atoms with van der Waals surface area (Å²) < 4.78 is 28.5. The van der Waals surface area contributed by atoms with Crippen LogP contribution in [0.5, 0.6) is 17.4 Å². The summed E-state index contributed by atoms with van der Waals surface area (Å²) in [6.45, 7) is 1.97. The van der Waals surface area contributed by atoms with E-state index in [0.717, 1.165) is 12.0 Å². The van der Waals surface area contributed by atoms with Crippen LogP contribution in [0.25, 0.3) is 11.3 Å². The third-order valence-corrected chi connectivity index (χ3v) is 8.63. The van der Waals surface area contributed by atoms with Crippen molar-refractivity contribution in [3.05, 3.63) is 66.2 Å². The van der Waals surface area contributed by atoms with Gasteiger partial charge in [0, 0.05) is 48.5 Å². The first-order chi connectivity index (χ1) is 23.4. The molecule has 3 aromatic rings. The van der Waals surface area contributed by atoms with Crippen LogP contribution in [-0.2, 0) is 20.9 Å². The van der Waals surface area contributed by atoms with E-state index in [9.17, 15) is 14.4 Å². The van der Waals surface area contributed by atoms with Gasteiger partial charge in [-0.3, -0.25) is 4.79 Å². The largest absolute Gasteiger partial charge is 0.486 e. The summed E-state index contributed by atoms with van der Waals surface area (Å²) in [5, 5.41) is 11.8. The maximum absolute atomic E-state index is 13.0. The van der Waals surface area contributed by atoms with Crippen molar-refractivity contribution in [1.82, 2.24) is 20.9 Å². The molecule has 1 aliphatic carbocycles. The van der Waals surface area contributed by atoms with E-state index in [2.05, 4.69) is 26.3 Å². The Kier molecular flexibility index (Phi) is 10.8.